The van der Waals surface area contributed by atoms with E-state index in [0.29, 0.717) is 30.0 Å². The summed E-state index contributed by atoms with van der Waals surface area (Å²) in [5.41, 5.74) is 2.36. The van der Waals surface area contributed by atoms with Crippen LogP contribution in [0.2, 0.25) is 0 Å². The highest BCUT2D eigenvalue weighted by molar-refractivity contribution is 5.93. The number of rotatable bonds is 6. The summed E-state index contributed by atoms with van der Waals surface area (Å²) in [6.07, 6.45) is 8.92. The summed E-state index contributed by atoms with van der Waals surface area (Å²) in [7, 11) is 1.78. The first kappa shape index (κ1) is 19.3. The minimum atomic E-state index is -0.0456. The summed E-state index contributed by atoms with van der Waals surface area (Å²) in [4.78, 5) is 19.4. The molecule has 0 spiro atoms. The topological polar surface area (TPSA) is 72.5 Å². The highest BCUT2D eigenvalue weighted by atomic mass is 16.5. The predicted octanol–water partition coefficient (Wildman–Crippen LogP) is 2.78. The SMILES string of the molecule is Cn1cc(-c2ccncc2OCC2CC2)c2oc(CN3CCCNCC3)cc2c1=O. The summed E-state index contributed by atoms with van der Waals surface area (Å²) >= 11 is 0. The lowest BCUT2D eigenvalue weighted by atomic mass is 10.1. The quantitative estimate of drug-likeness (QED) is 0.676. The van der Waals surface area contributed by atoms with Crippen LogP contribution in [-0.2, 0) is 13.6 Å². The van der Waals surface area contributed by atoms with Gasteiger partial charge in [-0.3, -0.25) is 14.7 Å². The molecule has 1 N–H and O–H groups in total. The number of hydrogen-bond donors (Lipinski definition) is 1. The van der Waals surface area contributed by atoms with E-state index in [9.17, 15) is 4.79 Å². The fraction of sp³-hybridized carbons (Fsp3) is 0.478. The van der Waals surface area contributed by atoms with Crippen LogP contribution in [0.4, 0.5) is 0 Å². The van der Waals surface area contributed by atoms with Gasteiger partial charge in [-0.1, -0.05) is 0 Å². The average molecular weight is 409 g/mol. The molecule has 1 saturated heterocycles. The molecule has 1 aliphatic carbocycles. The van der Waals surface area contributed by atoms with Crippen molar-refractivity contribution in [2.45, 2.75) is 25.8 Å². The Morgan fingerprint density at radius 3 is 3.03 bits per heavy atom. The van der Waals surface area contributed by atoms with Crippen LogP contribution in [0.3, 0.4) is 0 Å². The molecule has 0 bridgehead atoms. The van der Waals surface area contributed by atoms with Gasteiger partial charge in [-0.05, 0) is 50.4 Å². The number of hydrogen-bond acceptors (Lipinski definition) is 6. The van der Waals surface area contributed by atoms with Crippen LogP contribution in [0.5, 0.6) is 5.75 Å². The van der Waals surface area contributed by atoms with Gasteiger partial charge >= 0.3 is 0 Å². The Kier molecular flexibility index (Phi) is 5.31. The van der Waals surface area contributed by atoms with Crippen LogP contribution in [0, 0.1) is 5.92 Å². The molecule has 4 heterocycles. The molecule has 2 fully saturated rings. The van der Waals surface area contributed by atoms with Crippen LogP contribution in [0.25, 0.3) is 22.1 Å². The van der Waals surface area contributed by atoms with Crippen molar-refractivity contribution < 1.29 is 9.15 Å². The van der Waals surface area contributed by atoms with Crippen molar-refractivity contribution in [1.29, 1.82) is 0 Å². The summed E-state index contributed by atoms with van der Waals surface area (Å²) in [6, 6.07) is 3.84. The summed E-state index contributed by atoms with van der Waals surface area (Å²) < 4.78 is 14.0. The molecular weight excluding hydrogens is 380 g/mol. The van der Waals surface area contributed by atoms with E-state index in [2.05, 4.69) is 15.2 Å². The van der Waals surface area contributed by atoms with Gasteiger partial charge in [-0.2, -0.15) is 0 Å². The number of ether oxygens (including phenoxy) is 1. The predicted molar refractivity (Wildman–Crippen MR) is 116 cm³/mol. The second kappa shape index (κ2) is 8.24. The fourth-order valence-electron chi connectivity index (χ4n) is 4.06. The number of aryl methyl sites for hydroxylation is 1. The van der Waals surface area contributed by atoms with Gasteiger partial charge in [0.2, 0.25) is 0 Å². The Balaban J connectivity index is 1.53. The molecule has 5 rings (SSSR count). The zero-order chi connectivity index (χ0) is 20.5. The Hall–Kier alpha value is -2.64. The normalized spacial score (nSPS) is 17.9. The summed E-state index contributed by atoms with van der Waals surface area (Å²) in [5, 5.41) is 4.04. The van der Waals surface area contributed by atoms with Crippen LogP contribution < -0.4 is 15.6 Å². The molecule has 0 radical (unpaired) electrons. The van der Waals surface area contributed by atoms with Gasteiger partial charge in [0, 0.05) is 43.7 Å². The van der Waals surface area contributed by atoms with Crippen LogP contribution in [0.15, 0.2) is 39.9 Å². The first-order chi connectivity index (χ1) is 14.7. The van der Waals surface area contributed by atoms with Gasteiger partial charge in [0.1, 0.15) is 17.1 Å². The van der Waals surface area contributed by atoms with E-state index in [1.165, 1.54) is 12.8 Å². The highest BCUT2D eigenvalue weighted by Gasteiger charge is 2.24. The van der Waals surface area contributed by atoms with Crippen LogP contribution in [-0.4, -0.2) is 47.2 Å². The third-order valence-electron chi connectivity index (χ3n) is 5.96. The summed E-state index contributed by atoms with van der Waals surface area (Å²) in [5.74, 6) is 2.21. The van der Waals surface area contributed by atoms with Crippen molar-refractivity contribution >= 4 is 11.0 Å². The lowest BCUT2D eigenvalue weighted by Gasteiger charge is -2.17. The second-order valence-electron chi connectivity index (χ2n) is 8.42. The Bertz CT molecular complexity index is 1090. The smallest absolute Gasteiger partial charge is 0.261 e. The Labute approximate surface area is 175 Å². The molecule has 158 valence electrons. The Morgan fingerprint density at radius 2 is 2.17 bits per heavy atom. The van der Waals surface area contributed by atoms with Crippen molar-refractivity contribution in [3.05, 3.63) is 46.8 Å². The second-order valence-corrected chi connectivity index (χ2v) is 8.42. The van der Waals surface area contributed by atoms with Crippen molar-refractivity contribution in [1.82, 2.24) is 19.8 Å². The zero-order valence-corrected chi connectivity index (χ0v) is 17.4. The molecule has 7 heteroatoms. The number of nitrogens with zero attached hydrogens (tertiary/aromatic N) is 3. The first-order valence-corrected chi connectivity index (χ1v) is 10.8. The van der Waals surface area contributed by atoms with Crippen molar-refractivity contribution in [3.63, 3.8) is 0 Å². The lowest BCUT2D eigenvalue weighted by molar-refractivity contribution is 0.262. The molecule has 3 aromatic rings. The van der Waals surface area contributed by atoms with E-state index in [1.807, 2.05) is 18.3 Å². The molecule has 1 saturated carbocycles. The molecule has 3 aromatic heterocycles. The maximum absolute atomic E-state index is 12.8. The fourth-order valence-corrected chi connectivity index (χ4v) is 4.06. The third kappa shape index (κ3) is 4.00. The molecule has 0 unspecified atom stereocenters. The number of pyridine rings is 2. The van der Waals surface area contributed by atoms with Gasteiger partial charge in [-0.25, -0.2) is 0 Å². The third-order valence-corrected chi connectivity index (χ3v) is 5.96. The molecule has 0 amide bonds. The van der Waals surface area contributed by atoms with Gasteiger partial charge in [0.25, 0.3) is 5.56 Å². The minimum absolute atomic E-state index is 0.0456. The minimum Gasteiger partial charge on any atom is -0.491 e. The van der Waals surface area contributed by atoms with Gasteiger partial charge in [-0.15, -0.1) is 0 Å². The van der Waals surface area contributed by atoms with Crippen LogP contribution in [0.1, 0.15) is 25.0 Å². The average Bonchev–Trinajstić information content (AvgIpc) is 3.53. The molecule has 0 atom stereocenters. The van der Waals surface area contributed by atoms with E-state index in [-0.39, 0.29) is 5.56 Å². The maximum atomic E-state index is 12.8. The molecular formula is C23H28N4O3. The number of fused-ring (bicyclic) bond motifs is 1. The monoisotopic (exact) mass is 408 g/mol. The van der Waals surface area contributed by atoms with E-state index >= 15 is 0 Å². The molecule has 1 aliphatic heterocycles. The standard InChI is InChI=1S/C23H28N4O3/c1-26-14-20(18-5-7-25-12-21(18)29-15-16-3-4-16)22-19(23(26)28)11-17(30-22)13-27-9-2-6-24-8-10-27/h5,7,11-12,14,16,24H,2-4,6,8-10,13,15H2,1H3. The Morgan fingerprint density at radius 1 is 1.27 bits per heavy atom. The van der Waals surface area contributed by atoms with E-state index in [0.717, 1.165) is 55.2 Å². The largest absolute Gasteiger partial charge is 0.491 e. The highest BCUT2D eigenvalue weighted by Crippen LogP contribution is 2.36. The van der Waals surface area contributed by atoms with Crippen molar-refractivity contribution in [3.8, 4) is 16.9 Å². The van der Waals surface area contributed by atoms with E-state index < -0.39 is 0 Å². The molecule has 0 aromatic carbocycles. The molecule has 7 nitrogen and oxygen atoms in total. The number of nitrogens with one attached hydrogen (secondary N) is 1. The lowest BCUT2D eigenvalue weighted by Crippen LogP contribution is -2.27. The van der Waals surface area contributed by atoms with Gasteiger partial charge < -0.3 is 19.0 Å². The number of aromatic nitrogens is 2. The van der Waals surface area contributed by atoms with Crippen molar-refractivity contribution in [2.75, 3.05) is 32.8 Å². The van der Waals surface area contributed by atoms with Crippen LogP contribution >= 0.6 is 0 Å². The number of furan rings is 1. The van der Waals surface area contributed by atoms with Gasteiger partial charge in [0.05, 0.1) is 24.7 Å². The van der Waals surface area contributed by atoms with Crippen molar-refractivity contribution in [2.24, 2.45) is 13.0 Å². The summed E-state index contributed by atoms with van der Waals surface area (Å²) in [6.45, 7) is 5.45. The maximum Gasteiger partial charge on any atom is 0.261 e. The molecule has 2 aliphatic rings. The van der Waals surface area contributed by atoms with E-state index in [1.54, 1.807) is 24.0 Å². The first-order valence-electron chi connectivity index (χ1n) is 10.8. The zero-order valence-electron chi connectivity index (χ0n) is 17.4. The van der Waals surface area contributed by atoms with Gasteiger partial charge in [0.15, 0.2) is 0 Å². The molecule has 30 heavy (non-hydrogen) atoms. The van der Waals surface area contributed by atoms with E-state index in [4.69, 9.17) is 9.15 Å².